The first kappa shape index (κ1) is 15.8. The van der Waals surface area contributed by atoms with E-state index in [9.17, 15) is 19.8 Å². The Morgan fingerprint density at radius 2 is 2.14 bits per heavy atom. The molecule has 1 amide bonds. The predicted octanol–water partition coefficient (Wildman–Crippen LogP) is 3.01. The number of halogens is 1. The van der Waals surface area contributed by atoms with Gasteiger partial charge in [0.2, 0.25) is 0 Å². The number of carboxylic acid groups (broad SMARTS) is 1. The molecular weight excluding hydrogens is 338 g/mol. The van der Waals surface area contributed by atoms with Gasteiger partial charge in [0.15, 0.2) is 0 Å². The van der Waals surface area contributed by atoms with Gasteiger partial charge >= 0.3 is 5.97 Å². The molecule has 114 valence electrons. The number of likely N-dealkylation sites (tertiary alicyclic amines) is 1. The van der Waals surface area contributed by atoms with Crippen molar-refractivity contribution in [1.82, 2.24) is 4.90 Å². The van der Waals surface area contributed by atoms with Gasteiger partial charge in [-0.1, -0.05) is 29.3 Å². The molecule has 0 saturated carbocycles. The Kier molecular flexibility index (Phi) is 4.56. The summed E-state index contributed by atoms with van der Waals surface area (Å²) in [4.78, 5) is 25.8. The van der Waals surface area contributed by atoms with E-state index in [-0.39, 0.29) is 11.3 Å². The maximum atomic E-state index is 12.7. The van der Waals surface area contributed by atoms with Gasteiger partial charge in [-0.3, -0.25) is 4.79 Å². The summed E-state index contributed by atoms with van der Waals surface area (Å²) in [6.45, 7) is 2.31. The average molecular weight is 356 g/mol. The van der Waals surface area contributed by atoms with Gasteiger partial charge in [-0.15, -0.1) is 0 Å². The standard InChI is InChI=1S/C15H18BrNO4/c1-2-6-15(14(20)21)7-3-8-17(15)13(19)11-5-4-10(16)9-12(11)18/h4-5,9,18H,2-3,6-8H2,1H3,(H,20,21). The molecule has 1 atom stereocenters. The third-order valence-corrected chi connectivity index (χ3v) is 4.48. The van der Waals surface area contributed by atoms with Crippen molar-refractivity contribution >= 4 is 27.8 Å². The number of hydrogen-bond acceptors (Lipinski definition) is 3. The summed E-state index contributed by atoms with van der Waals surface area (Å²) in [6.07, 6.45) is 2.22. The minimum absolute atomic E-state index is 0.141. The van der Waals surface area contributed by atoms with Crippen LogP contribution in [0.15, 0.2) is 22.7 Å². The second-order valence-electron chi connectivity index (χ2n) is 5.31. The van der Waals surface area contributed by atoms with E-state index in [0.29, 0.717) is 36.7 Å². The van der Waals surface area contributed by atoms with E-state index < -0.39 is 17.4 Å². The Bertz CT molecular complexity index is 575. The number of carboxylic acids is 1. The molecule has 1 saturated heterocycles. The van der Waals surface area contributed by atoms with Crippen molar-refractivity contribution in [3.05, 3.63) is 28.2 Å². The van der Waals surface area contributed by atoms with Crippen LogP contribution in [0.5, 0.6) is 5.75 Å². The van der Waals surface area contributed by atoms with Gasteiger partial charge in [-0.05, 0) is 37.5 Å². The molecule has 1 unspecified atom stereocenters. The number of benzene rings is 1. The number of aromatic hydroxyl groups is 1. The van der Waals surface area contributed by atoms with Crippen molar-refractivity contribution in [3.8, 4) is 5.75 Å². The normalized spacial score (nSPS) is 21.5. The molecule has 1 aliphatic rings. The molecule has 1 fully saturated rings. The molecule has 0 spiro atoms. The van der Waals surface area contributed by atoms with Crippen LogP contribution >= 0.6 is 15.9 Å². The van der Waals surface area contributed by atoms with E-state index in [0.717, 1.165) is 0 Å². The summed E-state index contributed by atoms with van der Waals surface area (Å²) < 4.78 is 0.663. The number of phenols is 1. The molecule has 2 N–H and O–H groups in total. The first-order chi connectivity index (χ1) is 9.92. The Labute approximate surface area is 131 Å². The van der Waals surface area contributed by atoms with Crippen LogP contribution in [0.3, 0.4) is 0 Å². The van der Waals surface area contributed by atoms with Gasteiger partial charge < -0.3 is 15.1 Å². The fraction of sp³-hybridized carbons (Fsp3) is 0.467. The highest BCUT2D eigenvalue weighted by Gasteiger charge is 2.49. The Morgan fingerprint density at radius 1 is 1.43 bits per heavy atom. The van der Waals surface area contributed by atoms with E-state index in [1.807, 2.05) is 6.92 Å². The van der Waals surface area contributed by atoms with Crippen molar-refractivity contribution in [1.29, 1.82) is 0 Å². The average Bonchev–Trinajstić information content (AvgIpc) is 2.83. The summed E-state index contributed by atoms with van der Waals surface area (Å²) >= 11 is 3.22. The molecule has 6 heteroatoms. The molecule has 0 aliphatic carbocycles. The number of nitrogens with zero attached hydrogens (tertiary/aromatic N) is 1. The molecule has 1 aromatic carbocycles. The Hall–Kier alpha value is -1.56. The highest BCUT2D eigenvalue weighted by molar-refractivity contribution is 9.10. The number of phenolic OH excluding ortho intramolecular Hbond substituents is 1. The van der Waals surface area contributed by atoms with E-state index in [1.165, 1.54) is 17.0 Å². The van der Waals surface area contributed by atoms with Gasteiger partial charge in [0, 0.05) is 11.0 Å². The lowest BCUT2D eigenvalue weighted by Crippen LogP contribution is -2.53. The van der Waals surface area contributed by atoms with Crippen LogP contribution in [0, 0.1) is 0 Å². The van der Waals surface area contributed by atoms with Crippen molar-refractivity contribution in [2.24, 2.45) is 0 Å². The highest BCUT2D eigenvalue weighted by atomic mass is 79.9. The number of rotatable bonds is 4. The van der Waals surface area contributed by atoms with E-state index >= 15 is 0 Å². The first-order valence-corrected chi connectivity index (χ1v) is 7.75. The maximum Gasteiger partial charge on any atom is 0.329 e. The van der Waals surface area contributed by atoms with E-state index in [2.05, 4.69) is 15.9 Å². The Morgan fingerprint density at radius 3 is 2.71 bits per heavy atom. The molecule has 1 aromatic rings. The fourth-order valence-electron chi connectivity index (χ4n) is 3.01. The van der Waals surface area contributed by atoms with Gasteiger partial charge in [0.25, 0.3) is 5.91 Å². The maximum absolute atomic E-state index is 12.7. The van der Waals surface area contributed by atoms with Crippen molar-refractivity contribution < 1.29 is 19.8 Å². The topological polar surface area (TPSA) is 77.8 Å². The van der Waals surface area contributed by atoms with Gasteiger partial charge in [-0.2, -0.15) is 0 Å². The molecule has 1 heterocycles. The lowest BCUT2D eigenvalue weighted by Gasteiger charge is -2.34. The molecule has 21 heavy (non-hydrogen) atoms. The van der Waals surface area contributed by atoms with E-state index in [4.69, 9.17) is 0 Å². The molecule has 2 rings (SSSR count). The number of carbonyl (C=O) groups is 2. The van der Waals surface area contributed by atoms with Gasteiger partial charge in [-0.25, -0.2) is 4.79 Å². The molecule has 1 aliphatic heterocycles. The third-order valence-electron chi connectivity index (χ3n) is 3.99. The van der Waals surface area contributed by atoms with Crippen LogP contribution < -0.4 is 0 Å². The molecule has 5 nitrogen and oxygen atoms in total. The van der Waals surface area contributed by atoms with Crippen LogP contribution in [-0.2, 0) is 4.79 Å². The highest BCUT2D eigenvalue weighted by Crippen LogP contribution is 2.36. The zero-order valence-corrected chi connectivity index (χ0v) is 13.4. The monoisotopic (exact) mass is 355 g/mol. The van der Waals surface area contributed by atoms with Crippen LogP contribution in [0.25, 0.3) is 0 Å². The second-order valence-corrected chi connectivity index (χ2v) is 6.22. The van der Waals surface area contributed by atoms with Crippen LogP contribution in [0.2, 0.25) is 0 Å². The summed E-state index contributed by atoms with van der Waals surface area (Å²) in [5, 5.41) is 19.5. The molecule has 0 aromatic heterocycles. The number of amides is 1. The molecule has 0 radical (unpaired) electrons. The minimum atomic E-state index is -1.15. The molecule has 0 bridgehead atoms. The number of carbonyl (C=O) groups excluding carboxylic acids is 1. The number of aliphatic carboxylic acids is 1. The lowest BCUT2D eigenvalue weighted by atomic mass is 9.90. The predicted molar refractivity (Wildman–Crippen MR) is 81.4 cm³/mol. The van der Waals surface area contributed by atoms with Gasteiger partial charge in [0.1, 0.15) is 11.3 Å². The first-order valence-electron chi connectivity index (χ1n) is 6.96. The second kappa shape index (κ2) is 6.05. The summed E-state index contributed by atoms with van der Waals surface area (Å²) in [6, 6.07) is 4.61. The zero-order valence-electron chi connectivity index (χ0n) is 11.8. The quantitative estimate of drug-likeness (QED) is 0.869. The third kappa shape index (κ3) is 2.77. The molecular formula is C15H18BrNO4. The lowest BCUT2D eigenvalue weighted by molar-refractivity contribution is -0.148. The SMILES string of the molecule is CCCC1(C(=O)O)CCCN1C(=O)c1ccc(Br)cc1O. The zero-order chi connectivity index (χ0) is 15.6. The largest absolute Gasteiger partial charge is 0.507 e. The van der Waals surface area contributed by atoms with Crippen molar-refractivity contribution in [3.63, 3.8) is 0 Å². The van der Waals surface area contributed by atoms with Crippen molar-refractivity contribution in [2.75, 3.05) is 6.54 Å². The summed E-state index contributed by atoms with van der Waals surface area (Å²) in [5.41, 5.74) is -1.01. The fourth-order valence-corrected chi connectivity index (χ4v) is 3.36. The Balaban J connectivity index is 2.39. The van der Waals surface area contributed by atoms with E-state index in [1.54, 1.807) is 6.07 Å². The summed E-state index contributed by atoms with van der Waals surface area (Å²) in [5.74, 6) is -1.53. The minimum Gasteiger partial charge on any atom is -0.507 e. The summed E-state index contributed by atoms with van der Waals surface area (Å²) in [7, 11) is 0. The van der Waals surface area contributed by atoms with Crippen molar-refractivity contribution in [2.45, 2.75) is 38.1 Å². The van der Waals surface area contributed by atoms with Gasteiger partial charge in [0.05, 0.1) is 5.56 Å². The number of hydrogen-bond donors (Lipinski definition) is 2. The van der Waals surface area contributed by atoms with Crippen LogP contribution in [0.1, 0.15) is 43.0 Å². The smallest absolute Gasteiger partial charge is 0.329 e. The van der Waals surface area contributed by atoms with Crippen LogP contribution in [0.4, 0.5) is 0 Å². The van der Waals surface area contributed by atoms with Crippen LogP contribution in [-0.4, -0.2) is 39.1 Å².